The van der Waals surface area contributed by atoms with Gasteiger partial charge in [0.15, 0.2) is 0 Å². The van der Waals surface area contributed by atoms with E-state index in [1.165, 1.54) is 18.2 Å². The summed E-state index contributed by atoms with van der Waals surface area (Å²) < 4.78 is 39.3. The fourth-order valence-corrected chi connectivity index (χ4v) is 3.51. The lowest BCUT2D eigenvalue weighted by molar-refractivity contribution is -0.137. The summed E-state index contributed by atoms with van der Waals surface area (Å²) in [5, 5.41) is 5.28. The number of rotatable bonds is 4. The van der Waals surface area contributed by atoms with Gasteiger partial charge in [-0.15, -0.1) is 0 Å². The van der Waals surface area contributed by atoms with Gasteiger partial charge in [0.2, 0.25) is 11.8 Å². The zero-order valence-electron chi connectivity index (χ0n) is 14.5. The number of nitrogens with one attached hydrogen (secondary N) is 2. The van der Waals surface area contributed by atoms with Crippen LogP contribution in [0.1, 0.15) is 56.9 Å². The first-order valence-corrected chi connectivity index (χ1v) is 9.11. The van der Waals surface area contributed by atoms with E-state index in [1.54, 1.807) is 0 Å². The summed E-state index contributed by atoms with van der Waals surface area (Å²) in [6.45, 7) is 0. The Labute approximate surface area is 150 Å². The minimum atomic E-state index is -4.57. The van der Waals surface area contributed by atoms with Crippen molar-refractivity contribution in [1.82, 2.24) is 5.32 Å². The quantitative estimate of drug-likeness (QED) is 0.616. The molecule has 2 amide bonds. The van der Waals surface area contributed by atoms with Crippen LogP contribution in [-0.4, -0.2) is 17.9 Å². The van der Waals surface area contributed by atoms with Crippen molar-refractivity contribution in [1.29, 1.82) is 0 Å². The summed E-state index contributed by atoms with van der Waals surface area (Å²) in [5.74, 6) is -1.01. The third kappa shape index (κ3) is 4.02. The molecule has 0 bridgehead atoms. The van der Waals surface area contributed by atoms with Gasteiger partial charge in [0.25, 0.3) is 0 Å². The number of hydrogen-bond acceptors (Lipinski definition) is 2. The zero-order valence-corrected chi connectivity index (χ0v) is 14.5. The molecular formula is C19H23F3N2O2. The van der Waals surface area contributed by atoms with Crippen LogP contribution in [0.2, 0.25) is 0 Å². The lowest BCUT2D eigenvalue weighted by Gasteiger charge is -2.22. The Morgan fingerprint density at radius 2 is 1.58 bits per heavy atom. The van der Waals surface area contributed by atoms with Crippen molar-refractivity contribution < 1.29 is 22.8 Å². The molecule has 2 N–H and O–H groups in total. The van der Waals surface area contributed by atoms with E-state index in [1.807, 2.05) is 0 Å². The first-order valence-electron chi connectivity index (χ1n) is 9.11. The van der Waals surface area contributed by atoms with Crippen molar-refractivity contribution >= 4 is 17.5 Å². The number of anilines is 1. The predicted octanol–water partition coefficient (Wildman–Crippen LogP) is 4.26. The molecule has 0 saturated heterocycles. The van der Waals surface area contributed by atoms with Crippen LogP contribution >= 0.6 is 0 Å². The van der Waals surface area contributed by atoms with E-state index in [0.717, 1.165) is 44.6 Å². The largest absolute Gasteiger partial charge is 0.418 e. The number of hydrogen-bond donors (Lipinski definition) is 2. The molecule has 0 radical (unpaired) electrons. The second kappa shape index (κ2) is 7.29. The Kier molecular flexibility index (Phi) is 5.25. The van der Waals surface area contributed by atoms with Gasteiger partial charge in [-0.2, -0.15) is 13.2 Å². The van der Waals surface area contributed by atoms with Crippen LogP contribution in [0.15, 0.2) is 24.3 Å². The molecule has 7 heteroatoms. The summed E-state index contributed by atoms with van der Waals surface area (Å²) in [5.41, 5.74) is -2.45. The first-order chi connectivity index (χ1) is 12.3. The fraction of sp³-hybridized carbons (Fsp3) is 0.579. The minimum Gasteiger partial charge on any atom is -0.352 e. The first kappa shape index (κ1) is 18.7. The SMILES string of the molecule is O=C(Nc1ccccc1C(F)(F)F)C1(C(=O)NC2CCCCCC2)CC1. The zero-order chi connectivity index (χ0) is 18.8. The highest BCUT2D eigenvalue weighted by molar-refractivity contribution is 6.13. The smallest absolute Gasteiger partial charge is 0.352 e. The molecule has 1 aromatic rings. The second-order valence-electron chi connectivity index (χ2n) is 7.24. The molecule has 1 aromatic carbocycles. The second-order valence-corrected chi connectivity index (χ2v) is 7.24. The summed E-state index contributed by atoms with van der Waals surface area (Å²) in [6, 6.07) is 4.87. The van der Waals surface area contributed by atoms with Gasteiger partial charge < -0.3 is 10.6 Å². The van der Waals surface area contributed by atoms with E-state index in [2.05, 4.69) is 10.6 Å². The van der Waals surface area contributed by atoms with Crippen molar-refractivity contribution in [3.8, 4) is 0 Å². The molecule has 2 fully saturated rings. The number of carbonyl (C=O) groups is 2. The molecule has 4 nitrogen and oxygen atoms in total. The maximum atomic E-state index is 13.1. The van der Waals surface area contributed by atoms with E-state index in [4.69, 9.17) is 0 Å². The molecule has 2 saturated carbocycles. The van der Waals surface area contributed by atoms with Crippen LogP contribution in [0.5, 0.6) is 0 Å². The van der Waals surface area contributed by atoms with Gasteiger partial charge in [0.1, 0.15) is 5.41 Å². The monoisotopic (exact) mass is 368 g/mol. The highest BCUT2D eigenvalue weighted by Gasteiger charge is 2.57. The van der Waals surface area contributed by atoms with Crippen molar-refractivity contribution in [3.63, 3.8) is 0 Å². The van der Waals surface area contributed by atoms with E-state index in [0.29, 0.717) is 12.8 Å². The molecule has 0 aliphatic heterocycles. The lowest BCUT2D eigenvalue weighted by Crippen LogP contribution is -2.44. The summed E-state index contributed by atoms with van der Waals surface area (Å²) in [4.78, 5) is 25.2. The van der Waals surface area contributed by atoms with Crippen LogP contribution in [0, 0.1) is 5.41 Å². The Balaban J connectivity index is 1.69. The van der Waals surface area contributed by atoms with Crippen molar-refractivity contribution in [2.45, 2.75) is 63.6 Å². The number of carbonyl (C=O) groups excluding carboxylic acids is 2. The van der Waals surface area contributed by atoms with Gasteiger partial charge >= 0.3 is 6.18 Å². The minimum absolute atomic E-state index is 0.0535. The Morgan fingerprint density at radius 3 is 2.15 bits per heavy atom. The average Bonchev–Trinajstić information content (AvgIpc) is 3.40. The number of benzene rings is 1. The van der Waals surface area contributed by atoms with Crippen LogP contribution < -0.4 is 10.6 Å². The van der Waals surface area contributed by atoms with Crippen LogP contribution in [0.3, 0.4) is 0 Å². The molecule has 2 aliphatic rings. The van der Waals surface area contributed by atoms with Gasteiger partial charge in [-0.25, -0.2) is 0 Å². The summed E-state index contributed by atoms with van der Waals surface area (Å²) in [6.07, 6.45) is 2.33. The van der Waals surface area contributed by atoms with E-state index >= 15 is 0 Å². The maximum Gasteiger partial charge on any atom is 0.418 e. The van der Waals surface area contributed by atoms with Crippen LogP contribution in [-0.2, 0) is 15.8 Å². The third-order valence-corrected chi connectivity index (χ3v) is 5.29. The molecule has 0 heterocycles. The Hall–Kier alpha value is -2.05. The topological polar surface area (TPSA) is 58.2 Å². The maximum absolute atomic E-state index is 13.1. The number of para-hydroxylation sites is 1. The van der Waals surface area contributed by atoms with Gasteiger partial charge in [-0.3, -0.25) is 9.59 Å². The summed E-state index contributed by atoms with van der Waals surface area (Å²) in [7, 11) is 0. The van der Waals surface area contributed by atoms with Gasteiger partial charge in [0.05, 0.1) is 11.3 Å². The molecule has 0 atom stereocenters. The van der Waals surface area contributed by atoms with Crippen LogP contribution in [0.4, 0.5) is 18.9 Å². The molecule has 3 rings (SSSR count). The Morgan fingerprint density at radius 1 is 0.962 bits per heavy atom. The lowest BCUT2D eigenvalue weighted by atomic mass is 10.0. The fourth-order valence-electron chi connectivity index (χ4n) is 3.51. The van der Waals surface area contributed by atoms with E-state index < -0.39 is 23.1 Å². The Bertz CT molecular complexity index is 676. The molecule has 142 valence electrons. The van der Waals surface area contributed by atoms with Crippen molar-refractivity contribution in [2.24, 2.45) is 5.41 Å². The number of halogens is 3. The third-order valence-electron chi connectivity index (χ3n) is 5.29. The highest BCUT2D eigenvalue weighted by Crippen LogP contribution is 2.47. The molecule has 26 heavy (non-hydrogen) atoms. The van der Waals surface area contributed by atoms with Gasteiger partial charge in [0, 0.05) is 6.04 Å². The van der Waals surface area contributed by atoms with Crippen LogP contribution in [0.25, 0.3) is 0 Å². The highest BCUT2D eigenvalue weighted by atomic mass is 19.4. The molecule has 0 spiro atoms. The number of alkyl halides is 3. The number of amides is 2. The molecule has 0 unspecified atom stereocenters. The van der Waals surface area contributed by atoms with E-state index in [-0.39, 0.29) is 17.6 Å². The molecule has 2 aliphatic carbocycles. The predicted molar refractivity (Wildman–Crippen MR) is 91.4 cm³/mol. The van der Waals surface area contributed by atoms with Gasteiger partial charge in [-0.05, 0) is 37.8 Å². The van der Waals surface area contributed by atoms with Gasteiger partial charge in [-0.1, -0.05) is 37.8 Å². The normalized spacial score (nSPS) is 20.1. The average molecular weight is 368 g/mol. The molecule has 0 aromatic heterocycles. The summed E-state index contributed by atoms with van der Waals surface area (Å²) >= 11 is 0. The van der Waals surface area contributed by atoms with Crippen molar-refractivity contribution in [3.05, 3.63) is 29.8 Å². The standard InChI is InChI=1S/C19H23F3N2O2/c20-19(21,22)14-9-5-6-10-15(14)24-17(26)18(11-12-18)16(25)23-13-7-3-1-2-4-8-13/h5-6,9-10,13H,1-4,7-8,11-12H2,(H,23,25)(H,24,26). The van der Waals surface area contributed by atoms with E-state index in [9.17, 15) is 22.8 Å². The molecular weight excluding hydrogens is 345 g/mol. The van der Waals surface area contributed by atoms with Crippen molar-refractivity contribution in [2.75, 3.05) is 5.32 Å².